The summed E-state index contributed by atoms with van der Waals surface area (Å²) in [6.07, 6.45) is 0.0262. The molecular formula is C19H21F3N6. The summed E-state index contributed by atoms with van der Waals surface area (Å²) < 4.78 is 41.6. The third kappa shape index (κ3) is 3.54. The Hall–Kier alpha value is -2.68. The van der Waals surface area contributed by atoms with Crippen LogP contribution in [0.2, 0.25) is 0 Å². The van der Waals surface area contributed by atoms with Crippen LogP contribution in [-0.4, -0.2) is 50.7 Å². The fourth-order valence-electron chi connectivity index (χ4n) is 3.62. The average Bonchev–Trinajstić information content (AvgIpc) is 3.11. The molecule has 0 atom stereocenters. The number of rotatable bonds is 4. The summed E-state index contributed by atoms with van der Waals surface area (Å²) in [6.45, 7) is 4.97. The molecule has 1 aliphatic heterocycles. The highest BCUT2D eigenvalue weighted by atomic mass is 19.4. The van der Waals surface area contributed by atoms with E-state index in [1.165, 1.54) is 6.07 Å². The molecule has 148 valence electrons. The van der Waals surface area contributed by atoms with Crippen molar-refractivity contribution in [3.05, 3.63) is 53.6 Å². The van der Waals surface area contributed by atoms with Crippen LogP contribution in [0, 0.1) is 0 Å². The number of aryl methyl sites for hydroxylation is 1. The van der Waals surface area contributed by atoms with Crippen molar-refractivity contribution in [2.24, 2.45) is 0 Å². The molecule has 0 radical (unpaired) electrons. The van der Waals surface area contributed by atoms with Crippen molar-refractivity contribution >= 4 is 11.5 Å². The lowest BCUT2D eigenvalue weighted by atomic mass is 10.1. The van der Waals surface area contributed by atoms with Gasteiger partial charge in [-0.05, 0) is 11.6 Å². The van der Waals surface area contributed by atoms with E-state index in [-0.39, 0.29) is 6.54 Å². The number of hydrogen-bond donors (Lipinski definition) is 0. The molecule has 1 aromatic carbocycles. The zero-order chi connectivity index (χ0) is 19.7. The summed E-state index contributed by atoms with van der Waals surface area (Å²) in [5, 5.41) is 8.46. The smallest absolute Gasteiger partial charge is 0.351 e. The molecular weight excluding hydrogens is 369 g/mol. The summed E-state index contributed by atoms with van der Waals surface area (Å²) in [5.74, 6) is 1.64. The van der Waals surface area contributed by atoms with Crippen LogP contribution >= 0.6 is 0 Å². The summed E-state index contributed by atoms with van der Waals surface area (Å²) in [4.78, 5) is 8.63. The molecule has 28 heavy (non-hydrogen) atoms. The standard InChI is InChI=1S/C19H21F3N6/c1-2-16-24-25-18-17(23-7-8-28(16)18)27-11-9-26(10-12-27)13-14-5-3-4-6-15(14)19(20,21)22/h3-8H,2,9-13H2,1H3. The van der Waals surface area contributed by atoms with E-state index in [0.717, 1.165) is 29.8 Å². The minimum Gasteiger partial charge on any atom is -0.351 e. The molecule has 6 nitrogen and oxygen atoms in total. The lowest BCUT2D eigenvalue weighted by molar-refractivity contribution is -0.138. The Morgan fingerprint density at radius 3 is 2.50 bits per heavy atom. The zero-order valence-corrected chi connectivity index (χ0v) is 15.5. The number of alkyl halides is 3. The molecule has 1 aliphatic rings. The number of nitrogens with zero attached hydrogens (tertiary/aromatic N) is 6. The number of anilines is 1. The van der Waals surface area contributed by atoms with Gasteiger partial charge in [-0.2, -0.15) is 13.2 Å². The zero-order valence-electron chi connectivity index (χ0n) is 15.5. The van der Waals surface area contributed by atoms with E-state index < -0.39 is 11.7 Å². The van der Waals surface area contributed by atoms with E-state index in [0.29, 0.717) is 31.7 Å². The van der Waals surface area contributed by atoms with E-state index >= 15 is 0 Å². The maximum Gasteiger partial charge on any atom is 0.416 e. The van der Waals surface area contributed by atoms with Crippen molar-refractivity contribution in [2.45, 2.75) is 26.1 Å². The van der Waals surface area contributed by atoms with Crippen molar-refractivity contribution in [3.63, 3.8) is 0 Å². The largest absolute Gasteiger partial charge is 0.416 e. The van der Waals surface area contributed by atoms with E-state index in [9.17, 15) is 13.2 Å². The molecule has 2 aromatic heterocycles. The number of fused-ring (bicyclic) bond motifs is 1. The summed E-state index contributed by atoms with van der Waals surface area (Å²) >= 11 is 0. The van der Waals surface area contributed by atoms with Crippen LogP contribution in [0.15, 0.2) is 36.7 Å². The Balaban J connectivity index is 1.47. The van der Waals surface area contributed by atoms with E-state index in [1.807, 2.05) is 22.4 Å². The fourth-order valence-corrected chi connectivity index (χ4v) is 3.62. The number of benzene rings is 1. The van der Waals surface area contributed by atoms with Crippen molar-refractivity contribution in [1.29, 1.82) is 0 Å². The van der Waals surface area contributed by atoms with Gasteiger partial charge in [0, 0.05) is 51.5 Å². The Morgan fingerprint density at radius 1 is 1.04 bits per heavy atom. The second kappa shape index (κ2) is 7.38. The molecule has 0 aliphatic carbocycles. The molecule has 1 fully saturated rings. The van der Waals surface area contributed by atoms with Gasteiger partial charge in [-0.25, -0.2) is 4.98 Å². The van der Waals surface area contributed by atoms with Gasteiger partial charge in [0.05, 0.1) is 5.56 Å². The first kappa shape index (κ1) is 18.7. The predicted molar refractivity (Wildman–Crippen MR) is 99.1 cm³/mol. The van der Waals surface area contributed by atoms with Gasteiger partial charge in [0.2, 0.25) is 5.65 Å². The minimum absolute atomic E-state index is 0.284. The molecule has 0 saturated carbocycles. The van der Waals surface area contributed by atoms with Crippen LogP contribution in [0.5, 0.6) is 0 Å². The molecule has 9 heteroatoms. The molecule has 1 saturated heterocycles. The Kier molecular flexibility index (Phi) is 4.92. The molecule has 3 aromatic rings. The van der Waals surface area contributed by atoms with Crippen molar-refractivity contribution in [3.8, 4) is 0 Å². The van der Waals surface area contributed by atoms with Gasteiger partial charge in [-0.15, -0.1) is 10.2 Å². The maximum atomic E-state index is 13.2. The number of piperazine rings is 1. The first-order valence-electron chi connectivity index (χ1n) is 9.28. The summed E-state index contributed by atoms with van der Waals surface area (Å²) in [5.41, 5.74) is 0.475. The molecule has 0 amide bonds. The Labute approximate surface area is 160 Å². The second-order valence-corrected chi connectivity index (χ2v) is 6.83. The molecule has 0 N–H and O–H groups in total. The van der Waals surface area contributed by atoms with Gasteiger partial charge in [-0.3, -0.25) is 9.30 Å². The van der Waals surface area contributed by atoms with E-state index in [4.69, 9.17) is 0 Å². The van der Waals surface area contributed by atoms with Crippen LogP contribution in [0.3, 0.4) is 0 Å². The van der Waals surface area contributed by atoms with Crippen LogP contribution in [-0.2, 0) is 19.1 Å². The molecule has 0 unspecified atom stereocenters. The topological polar surface area (TPSA) is 49.6 Å². The first-order valence-corrected chi connectivity index (χ1v) is 9.28. The quantitative estimate of drug-likeness (QED) is 0.686. The summed E-state index contributed by atoms with van der Waals surface area (Å²) in [7, 11) is 0. The molecule has 0 bridgehead atoms. The van der Waals surface area contributed by atoms with E-state index in [1.54, 1.807) is 18.3 Å². The third-order valence-electron chi connectivity index (χ3n) is 5.08. The van der Waals surface area contributed by atoms with Crippen molar-refractivity contribution in [1.82, 2.24) is 24.5 Å². The van der Waals surface area contributed by atoms with Crippen LogP contribution < -0.4 is 4.90 Å². The minimum atomic E-state index is -4.33. The lowest BCUT2D eigenvalue weighted by Crippen LogP contribution is -2.46. The first-order chi connectivity index (χ1) is 13.5. The molecule has 3 heterocycles. The highest BCUT2D eigenvalue weighted by Crippen LogP contribution is 2.32. The van der Waals surface area contributed by atoms with Crippen molar-refractivity contribution < 1.29 is 13.2 Å². The maximum absolute atomic E-state index is 13.2. The average molecular weight is 390 g/mol. The number of aromatic nitrogens is 4. The molecule has 4 rings (SSSR count). The fraction of sp³-hybridized carbons (Fsp3) is 0.421. The number of halogens is 3. The van der Waals surface area contributed by atoms with E-state index in [2.05, 4.69) is 20.1 Å². The SMILES string of the molecule is CCc1nnc2c(N3CCN(Cc4ccccc4C(F)(F)F)CC3)nccn12. The molecule has 0 spiro atoms. The monoisotopic (exact) mass is 390 g/mol. The van der Waals surface area contributed by atoms with Gasteiger partial charge < -0.3 is 4.90 Å². The highest BCUT2D eigenvalue weighted by molar-refractivity contribution is 5.64. The van der Waals surface area contributed by atoms with Crippen LogP contribution in [0.4, 0.5) is 19.0 Å². The second-order valence-electron chi connectivity index (χ2n) is 6.83. The Bertz CT molecular complexity index is 960. The highest BCUT2D eigenvalue weighted by Gasteiger charge is 2.33. The van der Waals surface area contributed by atoms with Gasteiger partial charge in [0.15, 0.2) is 5.82 Å². The summed E-state index contributed by atoms with van der Waals surface area (Å²) in [6, 6.07) is 5.79. The number of hydrogen-bond acceptors (Lipinski definition) is 5. The van der Waals surface area contributed by atoms with Crippen LogP contribution in [0.1, 0.15) is 23.9 Å². The predicted octanol–water partition coefficient (Wildman–Crippen LogP) is 3.03. The van der Waals surface area contributed by atoms with Gasteiger partial charge in [-0.1, -0.05) is 25.1 Å². The van der Waals surface area contributed by atoms with Gasteiger partial charge >= 0.3 is 6.18 Å². The third-order valence-corrected chi connectivity index (χ3v) is 5.08. The van der Waals surface area contributed by atoms with Crippen molar-refractivity contribution in [2.75, 3.05) is 31.1 Å². The normalized spacial score (nSPS) is 16.1. The Morgan fingerprint density at radius 2 is 1.79 bits per heavy atom. The van der Waals surface area contributed by atoms with Gasteiger partial charge in [0.1, 0.15) is 5.82 Å². The van der Waals surface area contributed by atoms with Gasteiger partial charge in [0.25, 0.3) is 0 Å². The lowest BCUT2D eigenvalue weighted by Gasteiger charge is -2.35. The van der Waals surface area contributed by atoms with Crippen LogP contribution in [0.25, 0.3) is 5.65 Å².